The fourth-order valence-corrected chi connectivity index (χ4v) is 4.48. The molecule has 0 atom stereocenters. The van der Waals surface area contributed by atoms with E-state index in [1.807, 2.05) is 46.0 Å². The van der Waals surface area contributed by atoms with Crippen LogP contribution in [0, 0.1) is 18.6 Å². The number of rotatable bonds is 5. The monoisotopic (exact) mass is 453 g/mol. The van der Waals surface area contributed by atoms with E-state index >= 15 is 0 Å². The maximum atomic E-state index is 13.8. The normalized spacial score (nSPS) is 17.3. The first-order chi connectivity index (χ1) is 14.9. The Morgan fingerprint density at radius 1 is 1.06 bits per heavy atom. The van der Waals surface area contributed by atoms with Crippen LogP contribution in [-0.4, -0.2) is 7.05 Å². The summed E-state index contributed by atoms with van der Waals surface area (Å²) in [6, 6.07) is 9.70. The Morgan fingerprint density at radius 3 is 2.38 bits per heavy atom. The summed E-state index contributed by atoms with van der Waals surface area (Å²) >= 11 is 6.48. The number of hydrogen-bond donors (Lipinski definition) is 0. The Labute approximate surface area is 195 Å². The van der Waals surface area contributed by atoms with Gasteiger partial charge in [-0.15, -0.1) is 0 Å². The molecule has 0 aromatic heterocycles. The fourth-order valence-electron chi connectivity index (χ4n) is 4.35. The van der Waals surface area contributed by atoms with Gasteiger partial charge >= 0.3 is 0 Å². The van der Waals surface area contributed by atoms with Crippen LogP contribution >= 0.6 is 11.6 Å². The molecule has 3 rings (SSSR count). The standard InChI is InChI=1S/C28H30ClF2N/c1-18-8-12-21(30)16-23(18)27(3,4)19(2)9-10-20(29)11-15-26-28(5,6)24-17-22(31)13-14-25(24)32(26)7/h8-17H,2H2,1,3-7H3/b10-9+,20-11-,26-15+. The quantitative estimate of drug-likeness (QED) is 0.413. The second-order valence-corrected chi connectivity index (χ2v) is 9.83. The fraction of sp³-hybridized carbons (Fsp3) is 0.286. The van der Waals surface area contributed by atoms with Gasteiger partial charge in [0.25, 0.3) is 0 Å². The predicted molar refractivity (Wildman–Crippen MR) is 132 cm³/mol. The van der Waals surface area contributed by atoms with Crippen LogP contribution in [0.4, 0.5) is 14.5 Å². The smallest absolute Gasteiger partial charge is 0.123 e. The van der Waals surface area contributed by atoms with Gasteiger partial charge in [0.2, 0.25) is 0 Å². The molecule has 1 nitrogen and oxygen atoms in total. The number of benzene rings is 2. The molecule has 0 saturated heterocycles. The van der Waals surface area contributed by atoms with Crippen LogP contribution in [0.25, 0.3) is 0 Å². The number of likely N-dealkylation sites (N-methyl/N-ethyl adjacent to an activating group) is 1. The summed E-state index contributed by atoms with van der Waals surface area (Å²) in [6.45, 7) is 14.4. The number of nitrogens with zero attached hydrogens (tertiary/aromatic N) is 1. The van der Waals surface area contributed by atoms with E-state index in [-0.39, 0.29) is 17.0 Å². The number of aryl methyl sites for hydroxylation is 1. The highest BCUT2D eigenvalue weighted by Crippen LogP contribution is 2.47. The summed E-state index contributed by atoms with van der Waals surface area (Å²) < 4.78 is 27.6. The molecule has 1 aliphatic rings. The van der Waals surface area contributed by atoms with Crippen LogP contribution in [0.3, 0.4) is 0 Å². The largest absolute Gasteiger partial charge is 0.347 e. The van der Waals surface area contributed by atoms with Crippen LogP contribution in [0.1, 0.15) is 44.4 Å². The Kier molecular flexibility index (Phi) is 6.53. The van der Waals surface area contributed by atoms with Crippen molar-refractivity contribution in [1.29, 1.82) is 0 Å². The van der Waals surface area contributed by atoms with Gasteiger partial charge in [0.05, 0.1) is 0 Å². The number of anilines is 1. The zero-order valence-corrected chi connectivity index (χ0v) is 20.3. The molecule has 0 saturated carbocycles. The topological polar surface area (TPSA) is 3.24 Å². The van der Waals surface area contributed by atoms with Gasteiger partial charge in [0.15, 0.2) is 0 Å². The van der Waals surface area contributed by atoms with E-state index in [9.17, 15) is 8.78 Å². The van der Waals surface area contributed by atoms with Gasteiger partial charge in [0.1, 0.15) is 11.6 Å². The summed E-state index contributed by atoms with van der Waals surface area (Å²) in [4.78, 5) is 2.06. The summed E-state index contributed by atoms with van der Waals surface area (Å²) in [6.07, 6.45) is 7.47. The Hall–Kier alpha value is -2.65. The molecule has 0 fully saturated rings. The van der Waals surface area contributed by atoms with Crippen molar-refractivity contribution in [1.82, 2.24) is 0 Å². The highest BCUT2D eigenvalue weighted by molar-refractivity contribution is 6.31. The molecule has 0 spiro atoms. The van der Waals surface area contributed by atoms with Gasteiger partial charge in [0, 0.05) is 34.3 Å². The van der Waals surface area contributed by atoms with Gasteiger partial charge in [-0.3, -0.25) is 0 Å². The molecule has 1 heterocycles. The van der Waals surface area contributed by atoms with Crippen LogP contribution in [-0.2, 0) is 10.8 Å². The highest BCUT2D eigenvalue weighted by atomic mass is 35.5. The third-order valence-electron chi connectivity index (χ3n) is 6.51. The Bertz CT molecular complexity index is 1150. The maximum absolute atomic E-state index is 13.8. The molecular formula is C28H30ClF2N. The third kappa shape index (κ3) is 4.45. The number of fused-ring (bicyclic) bond motifs is 1. The average molecular weight is 454 g/mol. The molecule has 2 aromatic rings. The molecule has 0 unspecified atom stereocenters. The summed E-state index contributed by atoms with van der Waals surface area (Å²) in [5.74, 6) is -0.498. The molecule has 0 N–H and O–H groups in total. The zero-order valence-electron chi connectivity index (χ0n) is 19.6. The van der Waals surface area contributed by atoms with E-state index in [1.54, 1.807) is 30.3 Å². The van der Waals surface area contributed by atoms with Gasteiger partial charge < -0.3 is 4.90 Å². The first-order valence-corrected chi connectivity index (χ1v) is 11.0. The number of hydrogen-bond acceptors (Lipinski definition) is 1. The van der Waals surface area contributed by atoms with Crippen molar-refractivity contribution in [3.8, 4) is 0 Å². The van der Waals surface area contributed by atoms with Crippen LogP contribution in [0.5, 0.6) is 0 Å². The summed E-state index contributed by atoms with van der Waals surface area (Å²) in [7, 11) is 1.97. The first-order valence-electron chi connectivity index (χ1n) is 10.6. The molecule has 0 aliphatic carbocycles. The lowest BCUT2D eigenvalue weighted by atomic mass is 9.76. The second-order valence-electron chi connectivity index (χ2n) is 9.39. The van der Waals surface area contributed by atoms with E-state index in [4.69, 9.17) is 11.6 Å². The SMILES string of the molecule is C=C(/C=C/C(Cl)=C/C=C1/N(C)c2ccc(F)cc2C1(C)C)C(C)(C)c1cc(F)ccc1C. The minimum Gasteiger partial charge on any atom is -0.347 e. The second kappa shape index (κ2) is 8.71. The summed E-state index contributed by atoms with van der Waals surface area (Å²) in [5, 5.41) is 0.539. The van der Waals surface area contributed by atoms with Crippen molar-refractivity contribution in [2.45, 2.75) is 45.4 Å². The summed E-state index contributed by atoms with van der Waals surface area (Å²) in [5.41, 5.74) is 4.91. The molecule has 0 radical (unpaired) electrons. The molecule has 0 bridgehead atoms. The van der Waals surface area contributed by atoms with E-state index < -0.39 is 5.41 Å². The minimum absolute atomic E-state index is 0.238. The van der Waals surface area contributed by atoms with Gasteiger partial charge in [-0.2, -0.15) is 0 Å². The molecule has 4 heteroatoms. The van der Waals surface area contributed by atoms with Crippen molar-refractivity contribution in [3.63, 3.8) is 0 Å². The van der Waals surface area contributed by atoms with E-state index in [0.29, 0.717) is 5.03 Å². The predicted octanol–water partition coefficient (Wildman–Crippen LogP) is 8.10. The molecule has 1 aliphatic heterocycles. The molecular weight excluding hydrogens is 424 g/mol. The number of allylic oxidation sites excluding steroid dienone is 7. The van der Waals surface area contributed by atoms with Crippen molar-refractivity contribution >= 4 is 17.3 Å². The van der Waals surface area contributed by atoms with Gasteiger partial charge in [-0.1, -0.05) is 58.0 Å². The molecule has 2 aromatic carbocycles. The maximum Gasteiger partial charge on any atom is 0.123 e. The van der Waals surface area contributed by atoms with Gasteiger partial charge in [-0.05, 0) is 77.7 Å². The van der Waals surface area contributed by atoms with Crippen LogP contribution < -0.4 is 4.90 Å². The lowest BCUT2D eigenvalue weighted by molar-refractivity contribution is 0.598. The van der Waals surface area contributed by atoms with Crippen molar-refractivity contribution < 1.29 is 8.78 Å². The Morgan fingerprint density at radius 2 is 1.69 bits per heavy atom. The van der Waals surface area contributed by atoms with Gasteiger partial charge in [-0.25, -0.2) is 8.78 Å². The first kappa shape index (κ1) is 24.0. The van der Waals surface area contributed by atoms with Crippen LogP contribution in [0.15, 0.2) is 83.6 Å². The lowest BCUT2D eigenvalue weighted by Crippen LogP contribution is -2.22. The highest BCUT2D eigenvalue weighted by Gasteiger charge is 2.38. The molecule has 0 amide bonds. The lowest BCUT2D eigenvalue weighted by Gasteiger charge is -2.28. The van der Waals surface area contributed by atoms with E-state index in [2.05, 4.69) is 25.3 Å². The zero-order chi connectivity index (χ0) is 23.8. The Balaban J connectivity index is 1.83. The van der Waals surface area contributed by atoms with Crippen molar-refractivity contribution in [2.24, 2.45) is 0 Å². The van der Waals surface area contributed by atoms with E-state index in [0.717, 1.165) is 33.6 Å². The van der Waals surface area contributed by atoms with Crippen molar-refractivity contribution in [2.75, 3.05) is 11.9 Å². The average Bonchev–Trinajstić information content (AvgIpc) is 2.91. The van der Waals surface area contributed by atoms with Crippen LogP contribution in [0.2, 0.25) is 0 Å². The van der Waals surface area contributed by atoms with E-state index in [1.165, 1.54) is 12.1 Å². The molecule has 32 heavy (non-hydrogen) atoms. The third-order valence-corrected chi connectivity index (χ3v) is 6.77. The molecule has 168 valence electrons. The number of halogens is 3. The minimum atomic E-state index is -0.447. The van der Waals surface area contributed by atoms with Crippen molar-refractivity contribution in [3.05, 3.63) is 112 Å².